The predicted molar refractivity (Wildman–Crippen MR) is 70.5 cm³/mol. The summed E-state index contributed by atoms with van der Waals surface area (Å²) < 4.78 is 27.0. The van der Waals surface area contributed by atoms with Gasteiger partial charge in [0, 0.05) is 25.3 Å². The van der Waals surface area contributed by atoms with Gasteiger partial charge in [-0.25, -0.2) is 13.1 Å². The minimum absolute atomic E-state index is 0.0964. The molecule has 1 atom stereocenters. The first-order valence-electron chi connectivity index (χ1n) is 5.68. The number of rotatable bonds is 6. The number of sulfonamides is 1. The zero-order valence-electron chi connectivity index (χ0n) is 10.9. The van der Waals surface area contributed by atoms with Crippen molar-refractivity contribution in [1.82, 2.24) is 14.6 Å². The van der Waals surface area contributed by atoms with Crippen LogP contribution in [0.5, 0.6) is 0 Å². The Hall–Kier alpha value is -1.02. The van der Waals surface area contributed by atoms with Gasteiger partial charge in [-0.3, -0.25) is 4.98 Å². The minimum Gasteiger partial charge on any atom is -0.325 e. The standard InChI is InChI=1S/C11H20N4O2S/c1-9(8-15(2)3)14-18(16,17)11-5-4-6-13-10(11)7-12/h4-6,9,14H,7-8,12H2,1-3H3. The smallest absolute Gasteiger partial charge is 0.242 e. The van der Waals surface area contributed by atoms with E-state index in [0.29, 0.717) is 12.2 Å². The van der Waals surface area contributed by atoms with Crippen molar-refractivity contribution >= 4 is 10.0 Å². The van der Waals surface area contributed by atoms with Gasteiger partial charge in [0.25, 0.3) is 0 Å². The molecule has 0 saturated heterocycles. The summed E-state index contributed by atoms with van der Waals surface area (Å²) in [5.74, 6) is 0. The molecular weight excluding hydrogens is 252 g/mol. The number of nitrogens with zero attached hydrogens (tertiary/aromatic N) is 2. The monoisotopic (exact) mass is 272 g/mol. The maximum atomic E-state index is 12.2. The van der Waals surface area contributed by atoms with Crippen molar-refractivity contribution in [1.29, 1.82) is 0 Å². The van der Waals surface area contributed by atoms with Crippen molar-refractivity contribution in [2.75, 3.05) is 20.6 Å². The summed E-state index contributed by atoms with van der Waals surface area (Å²) in [4.78, 5) is 6.05. The highest BCUT2D eigenvalue weighted by Gasteiger charge is 2.20. The molecule has 1 heterocycles. The SMILES string of the molecule is CC(CN(C)C)NS(=O)(=O)c1cccnc1CN. The lowest BCUT2D eigenvalue weighted by Gasteiger charge is -2.18. The molecule has 0 aliphatic carbocycles. The van der Waals surface area contributed by atoms with E-state index in [4.69, 9.17) is 5.73 Å². The molecule has 102 valence electrons. The zero-order chi connectivity index (χ0) is 13.8. The van der Waals surface area contributed by atoms with Crippen LogP contribution >= 0.6 is 0 Å². The number of hydrogen-bond donors (Lipinski definition) is 2. The molecule has 1 aromatic rings. The topological polar surface area (TPSA) is 88.3 Å². The average molecular weight is 272 g/mol. The molecule has 18 heavy (non-hydrogen) atoms. The third kappa shape index (κ3) is 4.02. The number of nitrogens with one attached hydrogen (secondary N) is 1. The van der Waals surface area contributed by atoms with Gasteiger partial charge in [0.1, 0.15) is 4.90 Å². The summed E-state index contributed by atoms with van der Waals surface area (Å²) in [6.45, 7) is 2.53. The van der Waals surface area contributed by atoms with E-state index >= 15 is 0 Å². The largest absolute Gasteiger partial charge is 0.325 e. The van der Waals surface area contributed by atoms with E-state index in [1.165, 1.54) is 12.3 Å². The van der Waals surface area contributed by atoms with Crippen LogP contribution in [0.2, 0.25) is 0 Å². The number of pyridine rings is 1. The quantitative estimate of drug-likeness (QED) is 0.747. The lowest BCUT2D eigenvalue weighted by molar-refractivity contribution is 0.370. The van der Waals surface area contributed by atoms with E-state index in [9.17, 15) is 8.42 Å². The summed E-state index contributed by atoms with van der Waals surface area (Å²) in [7, 11) is 0.211. The van der Waals surface area contributed by atoms with E-state index in [1.54, 1.807) is 6.07 Å². The summed E-state index contributed by atoms with van der Waals surface area (Å²) in [5.41, 5.74) is 5.87. The van der Waals surface area contributed by atoms with Crippen LogP contribution < -0.4 is 10.5 Å². The average Bonchev–Trinajstić information content (AvgIpc) is 2.27. The van der Waals surface area contributed by atoms with Crippen molar-refractivity contribution < 1.29 is 8.42 Å². The summed E-state index contributed by atoms with van der Waals surface area (Å²) in [5, 5.41) is 0. The molecule has 0 aromatic carbocycles. The van der Waals surface area contributed by atoms with E-state index in [0.717, 1.165) is 0 Å². The van der Waals surface area contributed by atoms with Gasteiger partial charge in [0.05, 0.1) is 5.69 Å². The molecule has 7 heteroatoms. The lowest BCUT2D eigenvalue weighted by Crippen LogP contribution is -2.39. The van der Waals surface area contributed by atoms with Gasteiger partial charge in [0.15, 0.2) is 0 Å². The molecule has 3 N–H and O–H groups in total. The normalized spacial score (nSPS) is 13.8. The molecule has 1 rings (SSSR count). The van der Waals surface area contributed by atoms with Crippen LogP contribution in [0.25, 0.3) is 0 Å². The molecule has 0 aliphatic heterocycles. The molecule has 0 bridgehead atoms. The second-order valence-electron chi connectivity index (χ2n) is 4.44. The fourth-order valence-electron chi connectivity index (χ4n) is 1.73. The molecule has 1 aromatic heterocycles. The maximum Gasteiger partial charge on any atom is 0.242 e. The van der Waals surface area contributed by atoms with Gasteiger partial charge in [-0.05, 0) is 33.2 Å². The zero-order valence-corrected chi connectivity index (χ0v) is 11.7. The lowest BCUT2D eigenvalue weighted by atomic mass is 10.3. The third-order valence-electron chi connectivity index (χ3n) is 2.33. The van der Waals surface area contributed by atoms with Crippen LogP contribution in [0.15, 0.2) is 23.2 Å². The molecule has 0 fully saturated rings. The number of aromatic nitrogens is 1. The molecule has 0 amide bonds. The minimum atomic E-state index is -3.57. The van der Waals surface area contributed by atoms with Gasteiger partial charge in [-0.15, -0.1) is 0 Å². The highest BCUT2D eigenvalue weighted by molar-refractivity contribution is 7.89. The first kappa shape index (κ1) is 15.0. The second kappa shape index (κ2) is 6.24. The Labute approximate surface area is 108 Å². The molecule has 0 spiro atoms. The van der Waals surface area contributed by atoms with Crippen molar-refractivity contribution in [3.8, 4) is 0 Å². The highest BCUT2D eigenvalue weighted by Crippen LogP contribution is 2.12. The molecule has 1 unspecified atom stereocenters. The third-order valence-corrected chi connectivity index (χ3v) is 3.99. The van der Waals surface area contributed by atoms with Crippen LogP contribution in [0, 0.1) is 0 Å². The van der Waals surface area contributed by atoms with Crippen LogP contribution in [0.1, 0.15) is 12.6 Å². The molecule has 0 aliphatic rings. The Morgan fingerprint density at radius 1 is 1.50 bits per heavy atom. The van der Waals surface area contributed by atoms with Gasteiger partial charge in [0.2, 0.25) is 10.0 Å². The summed E-state index contributed by atoms with van der Waals surface area (Å²) >= 11 is 0. The van der Waals surface area contributed by atoms with E-state index in [-0.39, 0.29) is 17.5 Å². The van der Waals surface area contributed by atoms with Gasteiger partial charge in [-0.2, -0.15) is 0 Å². The van der Waals surface area contributed by atoms with E-state index < -0.39 is 10.0 Å². The van der Waals surface area contributed by atoms with Crippen molar-refractivity contribution in [3.63, 3.8) is 0 Å². The van der Waals surface area contributed by atoms with Crippen LogP contribution in [-0.2, 0) is 16.6 Å². The second-order valence-corrected chi connectivity index (χ2v) is 6.12. The van der Waals surface area contributed by atoms with Crippen molar-refractivity contribution in [2.24, 2.45) is 5.73 Å². The van der Waals surface area contributed by atoms with Crippen LogP contribution in [0.4, 0.5) is 0 Å². The number of nitrogens with two attached hydrogens (primary N) is 1. The fraction of sp³-hybridized carbons (Fsp3) is 0.545. The summed E-state index contributed by atoms with van der Waals surface area (Å²) in [6, 6.07) is 2.92. The number of hydrogen-bond acceptors (Lipinski definition) is 5. The van der Waals surface area contributed by atoms with Crippen molar-refractivity contribution in [2.45, 2.75) is 24.4 Å². The fourth-order valence-corrected chi connectivity index (χ4v) is 3.17. The van der Waals surface area contributed by atoms with E-state index in [2.05, 4.69) is 9.71 Å². The number of likely N-dealkylation sites (N-methyl/N-ethyl adjacent to an activating group) is 1. The predicted octanol–water partition coefficient (Wildman–Crippen LogP) is -0.231. The Kier molecular flexibility index (Phi) is 5.21. The van der Waals surface area contributed by atoms with Gasteiger partial charge < -0.3 is 10.6 Å². The molecule has 0 radical (unpaired) electrons. The highest BCUT2D eigenvalue weighted by atomic mass is 32.2. The van der Waals surface area contributed by atoms with Gasteiger partial charge in [-0.1, -0.05) is 0 Å². The van der Waals surface area contributed by atoms with Crippen molar-refractivity contribution in [3.05, 3.63) is 24.0 Å². The van der Waals surface area contributed by atoms with Crippen LogP contribution in [0.3, 0.4) is 0 Å². The molecule has 0 saturated carbocycles. The Balaban J connectivity index is 2.93. The van der Waals surface area contributed by atoms with Gasteiger partial charge >= 0.3 is 0 Å². The Morgan fingerprint density at radius 3 is 2.72 bits per heavy atom. The Morgan fingerprint density at radius 2 is 2.17 bits per heavy atom. The molecular formula is C11H20N4O2S. The first-order valence-corrected chi connectivity index (χ1v) is 7.16. The van der Waals surface area contributed by atoms with Crippen LogP contribution in [-0.4, -0.2) is 45.0 Å². The first-order chi connectivity index (χ1) is 8.36. The molecule has 6 nitrogen and oxygen atoms in total. The van der Waals surface area contributed by atoms with E-state index in [1.807, 2.05) is 25.9 Å². The maximum absolute atomic E-state index is 12.2. The summed E-state index contributed by atoms with van der Waals surface area (Å²) in [6.07, 6.45) is 1.53. The Bertz CT molecular complexity index is 488.